The van der Waals surface area contributed by atoms with Crippen LogP contribution in [-0.2, 0) is 24.8 Å². The van der Waals surface area contributed by atoms with Crippen LogP contribution in [0.4, 0.5) is 15.5 Å². The first-order valence-corrected chi connectivity index (χ1v) is 14.2. The van der Waals surface area contributed by atoms with Gasteiger partial charge in [0.25, 0.3) is 20.0 Å². The van der Waals surface area contributed by atoms with Gasteiger partial charge in [-0.05, 0) is 36.9 Å². The molecule has 0 aliphatic rings. The maximum absolute atomic E-state index is 12.3. The summed E-state index contributed by atoms with van der Waals surface area (Å²) in [7, 11) is -5.67. The highest BCUT2D eigenvalue weighted by Crippen LogP contribution is 2.22. The van der Waals surface area contributed by atoms with Crippen LogP contribution in [0.1, 0.15) is 21.1 Å². The molecule has 2 aromatic heterocycles. The molecular formula is C20H23N7O9S3. The summed E-state index contributed by atoms with van der Waals surface area (Å²) in [6, 6.07) is 5.25. The van der Waals surface area contributed by atoms with Gasteiger partial charge in [-0.15, -0.1) is 11.3 Å². The molecule has 16 nitrogen and oxygen atoms in total. The Kier molecular flexibility index (Phi) is 10.2. The Morgan fingerprint density at radius 2 is 1.54 bits per heavy atom. The van der Waals surface area contributed by atoms with E-state index in [1.807, 2.05) is 0 Å². The summed E-state index contributed by atoms with van der Waals surface area (Å²) in [5.74, 6) is -0.764. The number of anilines is 1. The number of nitrogens with one attached hydrogen (secondary N) is 3. The van der Waals surface area contributed by atoms with E-state index < -0.39 is 38.1 Å². The number of nitrogens with two attached hydrogens (primary N) is 1. The fraction of sp³-hybridized carbons (Fsp3) is 0.200. The van der Waals surface area contributed by atoms with Crippen LogP contribution in [0.3, 0.4) is 0 Å². The summed E-state index contributed by atoms with van der Waals surface area (Å²) in [4.78, 5) is 44.9. The number of sulfonamides is 2. The van der Waals surface area contributed by atoms with Gasteiger partial charge in [-0.1, -0.05) is 18.2 Å². The average molecular weight is 602 g/mol. The zero-order valence-electron chi connectivity index (χ0n) is 20.8. The van der Waals surface area contributed by atoms with Crippen molar-refractivity contribution in [1.29, 1.82) is 0 Å². The maximum Gasteiger partial charge on any atom is 0.349 e. The Labute approximate surface area is 227 Å². The first kappa shape index (κ1) is 30.9. The summed E-state index contributed by atoms with van der Waals surface area (Å²) in [5, 5.41) is 3.54. The van der Waals surface area contributed by atoms with Crippen LogP contribution in [0, 0.1) is 13.8 Å². The van der Waals surface area contributed by atoms with Crippen LogP contribution in [0.5, 0.6) is 6.01 Å². The van der Waals surface area contributed by atoms with Crippen molar-refractivity contribution in [3.8, 4) is 6.01 Å². The number of rotatable bonds is 7. The Hall–Kier alpha value is -4.36. The maximum atomic E-state index is 12.3. The summed E-state index contributed by atoms with van der Waals surface area (Å²) < 4.78 is 60.2. The lowest BCUT2D eigenvalue weighted by molar-refractivity contribution is 0.0602. The van der Waals surface area contributed by atoms with Crippen molar-refractivity contribution < 1.29 is 40.7 Å². The second kappa shape index (κ2) is 12.9. The topological polar surface area (TPSA) is 239 Å². The fourth-order valence-electron chi connectivity index (χ4n) is 2.70. The molecule has 1 aromatic carbocycles. The van der Waals surface area contributed by atoms with E-state index in [0.717, 1.165) is 18.4 Å². The monoisotopic (exact) mass is 601 g/mol. The number of carbonyl (C=O) groups is 3. The van der Waals surface area contributed by atoms with Gasteiger partial charge in [0.15, 0.2) is 0 Å². The van der Waals surface area contributed by atoms with E-state index in [4.69, 9.17) is 10.5 Å². The SMILES string of the molecule is COC(=O)c1sccc1S(=O)(=O)NC(=O)Nc1nc(C)nc(OC)n1.Cc1ccccc1S(=O)(=O)NC(N)=O. The van der Waals surface area contributed by atoms with E-state index >= 15 is 0 Å². The molecule has 0 radical (unpaired) electrons. The molecule has 0 saturated carbocycles. The number of hydrogen-bond donors (Lipinski definition) is 4. The summed E-state index contributed by atoms with van der Waals surface area (Å²) in [6.07, 6.45) is 0. The molecule has 0 aliphatic carbocycles. The van der Waals surface area contributed by atoms with E-state index in [0.29, 0.717) is 5.56 Å². The number of amides is 4. The van der Waals surface area contributed by atoms with Crippen LogP contribution >= 0.6 is 11.3 Å². The quantitative estimate of drug-likeness (QED) is 0.276. The number of primary amides is 1. The van der Waals surface area contributed by atoms with Gasteiger partial charge in [0.05, 0.1) is 19.1 Å². The van der Waals surface area contributed by atoms with Crippen molar-refractivity contribution in [2.24, 2.45) is 5.73 Å². The molecule has 19 heteroatoms. The summed E-state index contributed by atoms with van der Waals surface area (Å²) >= 11 is 0.872. The van der Waals surface area contributed by atoms with Crippen molar-refractivity contribution in [2.75, 3.05) is 19.5 Å². The highest BCUT2D eigenvalue weighted by Gasteiger charge is 2.26. The van der Waals surface area contributed by atoms with Gasteiger partial charge in [0.2, 0.25) is 5.95 Å². The molecule has 3 aromatic rings. The van der Waals surface area contributed by atoms with Crippen molar-refractivity contribution >= 4 is 55.4 Å². The van der Waals surface area contributed by atoms with E-state index in [9.17, 15) is 31.2 Å². The molecule has 5 N–H and O–H groups in total. The number of esters is 1. The van der Waals surface area contributed by atoms with Crippen LogP contribution < -0.4 is 25.2 Å². The lowest BCUT2D eigenvalue weighted by Gasteiger charge is -2.08. The number of hydrogen-bond acceptors (Lipinski definition) is 13. The Morgan fingerprint density at radius 3 is 2.13 bits per heavy atom. The van der Waals surface area contributed by atoms with Crippen LogP contribution in [0.2, 0.25) is 0 Å². The van der Waals surface area contributed by atoms with Gasteiger partial charge in [-0.25, -0.2) is 40.7 Å². The molecule has 3 rings (SSSR count). The van der Waals surface area contributed by atoms with E-state index in [1.54, 1.807) is 34.6 Å². The molecule has 39 heavy (non-hydrogen) atoms. The largest absolute Gasteiger partial charge is 0.467 e. The lowest BCUT2D eigenvalue weighted by atomic mass is 10.2. The molecule has 0 spiro atoms. The molecule has 0 saturated heterocycles. The standard InChI is InChI=1S/C12H13N5O6S2.C8H10N2O3S/c1-6-13-10(16-12(14-6)23-3)15-11(19)17-25(20,21)7-4-5-24-8(7)9(18)22-2;1-6-4-2-3-5-7(6)14(12,13)10-8(9)11/h4-5H,1-3H3,(H2,13,14,15,16,17,19);2-5H,1H3,(H3,9,10,11). The second-order valence-electron chi connectivity index (χ2n) is 7.09. The number of aromatic nitrogens is 3. The van der Waals surface area contributed by atoms with E-state index in [-0.39, 0.29) is 32.5 Å². The fourth-order valence-corrected chi connectivity index (χ4v) is 6.07. The first-order chi connectivity index (χ1) is 18.2. The van der Waals surface area contributed by atoms with Crippen molar-refractivity contribution in [2.45, 2.75) is 23.6 Å². The van der Waals surface area contributed by atoms with Crippen molar-refractivity contribution in [3.63, 3.8) is 0 Å². The average Bonchev–Trinajstić information content (AvgIpc) is 3.34. The number of methoxy groups -OCH3 is 2. The van der Waals surface area contributed by atoms with E-state index in [1.165, 1.54) is 31.5 Å². The second-order valence-corrected chi connectivity index (χ2v) is 11.3. The molecule has 0 unspecified atom stereocenters. The minimum absolute atomic E-state index is 0.0449. The number of urea groups is 2. The highest BCUT2D eigenvalue weighted by atomic mass is 32.2. The number of benzene rings is 1. The smallest absolute Gasteiger partial charge is 0.349 e. The number of ether oxygens (including phenoxy) is 2. The molecule has 4 amide bonds. The van der Waals surface area contributed by atoms with Gasteiger partial charge >= 0.3 is 24.0 Å². The van der Waals surface area contributed by atoms with Crippen molar-refractivity contribution in [1.82, 2.24) is 24.4 Å². The Balaban J connectivity index is 0.000000322. The van der Waals surface area contributed by atoms with Crippen LogP contribution in [-0.4, -0.2) is 64.0 Å². The Bertz CT molecular complexity index is 1590. The minimum Gasteiger partial charge on any atom is -0.467 e. The molecule has 0 aliphatic heterocycles. The molecule has 0 bridgehead atoms. The normalized spacial score (nSPS) is 10.9. The molecule has 0 atom stereocenters. The minimum atomic E-state index is -4.30. The predicted octanol–water partition coefficient (Wildman–Crippen LogP) is 0.899. The molecule has 0 fully saturated rings. The third-order valence-electron chi connectivity index (χ3n) is 4.27. The zero-order valence-corrected chi connectivity index (χ0v) is 23.2. The van der Waals surface area contributed by atoms with Gasteiger partial charge < -0.3 is 15.2 Å². The number of thiophene rings is 1. The van der Waals surface area contributed by atoms with Gasteiger partial charge in [0, 0.05) is 0 Å². The number of carbonyl (C=O) groups excluding carboxylic acids is 3. The van der Waals surface area contributed by atoms with Crippen LogP contribution in [0.25, 0.3) is 0 Å². The summed E-state index contributed by atoms with van der Waals surface area (Å²) in [6.45, 7) is 3.17. The first-order valence-electron chi connectivity index (χ1n) is 10.3. The Morgan fingerprint density at radius 1 is 0.897 bits per heavy atom. The van der Waals surface area contributed by atoms with E-state index in [2.05, 4.69) is 25.0 Å². The van der Waals surface area contributed by atoms with Crippen molar-refractivity contribution in [3.05, 3.63) is 52.0 Å². The third-order valence-corrected chi connectivity index (χ3v) is 8.17. The number of nitrogens with zero attached hydrogens (tertiary/aromatic N) is 3. The van der Waals surface area contributed by atoms with Gasteiger partial charge in [-0.2, -0.15) is 15.0 Å². The zero-order chi connectivity index (χ0) is 29.4. The predicted molar refractivity (Wildman–Crippen MR) is 137 cm³/mol. The highest BCUT2D eigenvalue weighted by molar-refractivity contribution is 7.90. The molecular weight excluding hydrogens is 578 g/mol. The molecule has 2 heterocycles. The van der Waals surface area contributed by atoms with Crippen LogP contribution in [0.15, 0.2) is 45.5 Å². The number of aryl methyl sites for hydroxylation is 2. The summed E-state index contributed by atoms with van der Waals surface area (Å²) in [5.41, 5.74) is 5.29. The van der Waals surface area contributed by atoms with Gasteiger partial charge in [0.1, 0.15) is 15.6 Å². The third kappa shape index (κ3) is 8.58. The van der Waals surface area contributed by atoms with Gasteiger partial charge in [-0.3, -0.25) is 5.32 Å². The molecule has 210 valence electrons. The lowest BCUT2D eigenvalue weighted by Crippen LogP contribution is -2.35.